The summed E-state index contributed by atoms with van der Waals surface area (Å²) in [5.74, 6) is 0.594. The minimum Gasteiger partial charge on any atom is -0.387 e. The Kier molecular flexibility index (Phi) is 5.23. The zero-order valence-electron chi connectivity index (χ0n) is 16.4. The van der Waals surface area contributed by atoms with Crippen LogP contribution in [0.3, 0.4) is 0 Å². The third-order valence-electron chi connectivity index (χ3n) is 6.26. The molecule has 1 atom stereocenters. The lowest BCUT2D eigenvalue weighted by molar-refractivity contribution is 0.126. The van der Waals surface area contributed by atoms with Gasteiger partial charge >= 0.3 is 0 Å². The summed E-state index contributed by atoms with van der Waals surface area (Å²) < 4.78 is 1.93. The number of thiophene rings is 1. The number of aryl methyl sites for hydroxylation is 1. The predicted octanol–water partition coefficient (Wildman–Crippen LogP) is 7.12. The molecule has 3 aromatic rings. The Hall–Kier alpha value is -1.33. The quantitative estimate of drug-likeness (QED) is 0.362. The Morgan fingerprint density at radius 3 is 2.76 bits per heavy atom. The van der Waals surface area contributed by atoms with Gasteiger partial charge in [-0.25, -0.2) is 4.68 Å². The smallest absolute Gasteiger partial charge is 0.0984 e. The number of halogens is 2. The molecule has 29 heavy (non-hydrogen) atoms. The van der Waals surface area contributed by atoms with Crippen molar-refractivity contribution in [2.45, 2.75) is 58.0 Å². The maximum absolute atomic E-state index is 11.2. The molecule has 2 aliphatic carbocycles. The molecule has 6 heteroatoms. The van der Waals surface area contributed by atoms with Gasteiger partial charge < -0.3 is 5.11 Å². The van der Waals surface area contributed by atoms with E-state index in [9.17, 15) is 5.11 Å². The summed E-state index contributed by atoms with van der Waals surface area (Å²) >= 11 is 14.4. The molecular weight excluding hydrogens is 423 g/mol. The van der Waals surface area contributed by atoms with Gasteiger partial charge in [-0.05, 0) is 49.1 Å². The first-order valence-corrected chi connectivity index (χ1v) is 11.9. The SMILES string of the molecule is Cc1cc2c(s1)-c1c(c(C(O)CC3CCCCC3)nn1-c1ccc(Cl)cc1Cl)C2. The van der Waals surface area contributed by atoms with E-state index < -0.39 is 6.10 Å². The lowest BCUT2D eigenvalue weighted by Crippen LogP contribution is -2.12. The Balaban J connectivity index is 1.59. The highest BCUT2D eigenvalue weighted by Crippen LogP contribution is 2.47. The molecule has 0 aliphatic heterocycles. The van der Waals surface area contributed by atoms with E-state index in [4.69, 9.17) is 28.3 Å². The zero-order valence-corrected chi connectivity index (χ0v) is 18.7. The lowest BCUT2D eigenvalue weighted by atomic mass is 9.84. The van der Waals surface area contributed by atoms with E-state index in [1.54, 1.807) is 17.4 Å². The van der Waals surface area contributed by atoms with Gasteiger partial charge in [0.25, 0.3) is 0 Å². The predicted molar refractivity (Wildman–Crippen MR) is 121 cm³/mol. The van der Waals surface area contributed by atoms with Crippen LogP contribution in [0.5, 0.6) is 0 Å². The van der Waals surface area contributed by atoms with E-state index in [0.29, 0.717) is 16.0 Å². The van der Waals surface area contributed by atoms with Gasteiger partial charge in [0.15, 0.2) is 0 Å². The highest BCUT2D eigenvalue weighted by atomic mass is 35.5. The molecule has 3 nitrogen and oxygen atoms in total. The summed E-state index contributed by atoms with van der Waals surface area (Å²) in [7, 11) is 0. The van der Waals surface area contributed by atoms with E-state index in [2.05, 4.69) is 13.0 Å². The van der Waals surface area contributed by atoms with Crippen molar-refractivity contribution in [3.63, 3.8) is 0 Å². The molecule has 1 fully saturated rings. The van der Waals surface area contributed by atoms with Crippen molar-refractivity contribution < 1.29 is 5.11 Å². The number of aromatic nitrogens is 2. The number of hydrogen-bond acceptors (Lipinski definition) is 3. The van der Waals surface area contributed by atoms with Gasteiger partial charge in [-0.3, -0.25) is 0 Å². The molecule has 5 rings (SSSR count). The second kappa shape index (κ2) is 7.73. The topological polar surface area (TPSA) is 38.1 Å². The number of aliphatic hydroxyl groups is 1. The average Bonchev–Trinajstić information content (AvgIpc) is 3.32. The standard InChI is InChI=1S/C23H24Cl2N2OS/c1-13-9-15-11-17-21(20(28)10-14-5-3-2-4-6-14)26-27(22(17)23(15)29-13)19-8-7-16(24)12-18(19)25/h7-9,12,14,20,28H,2-6,10-11H2,1H3. The number of hydrogen-bond donors (Lipinski definition) is 1. The highest BCUT2D eigenvalue weighted by molar-refractivity contribution is 7.15. The summed E-state index contributed by atoms with van der Waals surface area (Å²) in [4.78, 5) is 2.53. The van der Waals surface area contributed by atoms with Gasteiger partial charge in [-0.15, -0.1) is 11.3 Å². The molecule has 2 heterocycles. The highest BCUT2D eigenvalue weighted by Gasteiger charge is 2.33. The minimum absolute atomic E-state index is 0.533. The van der Waals surface area contributed by atoms with Crippen molar-refractivity contribution in [3.8, 4) is 16.3 Å². The van der Waals surface area contributed by atoms with Crippen LogP contribution in [0.4, 0.5) is 0 Å². The summed E-state index contributed by atoms with van der Waals surface area (Å²) in [5.41, 5.74) is 5.19. The fourth-order valence-corrected chi connectivity index (χ4v) is 6.49. The van der Waals surface area contributed by atoms with Crippen LogP contribution in [-0.4, -0.2) is 14.9 Å². The first kappa shape index (κ1) is 19.6. The molecule has 0 spiro atoms. The number of fused-ring (bicyclic) bond motifs is 3. The third kappa shape index (κ3) is 3.54. The van der Waals surface area contributed by atoms with Crippen LogP contribution in [0.2, 0.25) is 10.0 Å². The zero-order chi connectivity index (χ0) is 20.1. The van der Waals surface area contributed by atoms with Gasteiger partial charge in [0.1, 0.15) is 0 Å². The summed E-state index contributed by atoms with van der Waals surface area (Å²) in [6.07, 6.45) is 7.41. The molecule has 1 N–H and O–H groups in total. The van der Waals surface area contributed by atoms with E-state index in [1.165, 1.54) is 47.4 Å². The van der Waals surface area contributed by atoms with Crippen molar-refractivity contribution in [1.29, 1.82) is 0 Å². The minimum atomic E-state index is -0.533. The van der Waals surface area contributed by atoms with E-state index in [-0.39, 0.29) is 0 Å². The van der Waals surface area contributed by atoms with Crippen LogP contribution in [-0.2, 0) is 6.42 Å². The molecule has 2 aliphatic rings. The van der Waals surface area contributed by atoms with Crippen molar-refractivity contribution in [2.75, 3.05) is 0 Å². The second-order valence-corrected chi connectivity index (χ2v) is 10.5. The van der Waals surface area contributed by atoms with Gasteiger partial charge in [0.05, 0.1) is 33.1 Å². The van der Waals surface area contributed by atoms with Crippen molar-refractivity contribution in [3.05, 3.63) is 56.0 Å². The first-order chi connectivity index (χ1) is 14.0. The molecule has 2 aromatic heterocycles. The normalized spacial score (nSPS) is 17.4. The maximum atomic E-state index is 11.2. The van der Waals surface area contributed by atoms with Crippen LogP contribution in [0.15, 0.2) is 24.3 Å². The van der Waals surface area contributed by atoms with Crippen LogP contribution in [0, 0.1) is 12.8 Å². The first-order valence-electron chi connectivity index (χ1n) is 10.4. The Morgan fingerprint density at radius 1 is 1.21 bits per heavy atom. The van der Waals surface area contributed by atoms with Crippen LogP contribution < -0.4 is 0 Å². The molecule has 1 unspecified atom stereocenters. The number of aliphatic hydroxyl groups excluding tert-OH is 1. The van der Waals surface area contributed by atoms with Crippen molar-refractivity contribution in [1.82, 2.24) is 9.78 Å². The fourth-order valence-electron chi connectivity index (χ4n) is 4.91. The monoisotopic (exact) mass is 446 g/mol. The fraction of sp³-hybridized carbons (Fsp3) is 0.435. The van der Waals surface area contributed by atoms with Crippen molar-refractivity contribution in [2.24, 2.45) is 5.92 Å². The number of rotatable bonds is 4. The third-order valence-corrected chi connectivity index (χ3v) is 7.90. The van der Waals surface area contributed by atoms with E-state index in [0.717, 1.165) is 35.5 Å². The largest absolute Gasteiger partial charge is 0.387 e. The maximum Gasteiger partial charge on any atom is 0.0984 e. The molecule has 0 amide bonds. The van der Waals surface area contributed by atoms with Crippen LogP contribution >= 0.6 is 34.5 Å². The Morgan fingerprint density at radius 2 is 2.00 bits per heavy atom. The molecule has 0 saturated heterocycles. The average molecular weight is 447 g/mol. The second-order valence-electron chi connectivity index (χ2n) is 8.36. The van der Waals surface area contributed by atoms with Crippen LogP contribution in [0.25, 0.3) is 16.3 Å². The summed E-state index contributed by atoms with van der Waals surface area (Å²) in [5, 5.41) is 17.2. The lowest BCUT2D eigenvalue weighted by Gasteiger charge is -2.23. The van der Waals surface area contributed by atoms with E-state index >= 15 is 0 Å². The molecule has 1 saturated carbocycles. The Bertz CT molecular complexity index is 1070. The van der Waals surface area contributed by atoms with Gasteiger partial charge in [-0.1, -0.05) is 55.3 Å². The number of nitrogens with zero attached hydrogens (tertiary/aromatic N) is 2. The van der Waals surface area contributed by atoms with Gasteiger partial charge in [0, 0.05) is 21.9 Å². The molecule has 0 radical (unpaired) electrons. The van der Waals surface area contributed by atoms with E-state index in [1.807, 2.05) is 16.8 Å². The molecule has 152 valence electrons. The molecular formula is C23H24Cl2N2OS. The molecule has 0 bridgehead atoms. The number of benzene rings is 1. The summed E-state index contributed by atoms with van der Waals surface area (Å²) in [6.45, 7) is 2.14. The van der Waals surface area contributed by atoms with Gasteiger partial charge in [-0.2, -0.15) is 5.10 Å². The Labute approximate surface area is 185 Å². The van der Waals surface area contributed by atoms with Crippen molar-refractivity contribution >= 4 is 34.5 Å². The summed E-state index contributed by atoms with van der Waals surface area (Å²) in [6, 6.07) is 7.75. The van der Waals surface area contributed by atoms with Gasteiger partial charge in [0.2, 0.25) is 0 Å². The van der Waals surface area contributed by atoms with Crippen LogP contribution in [0.1, 0.15) is 66.3 Å². The molecule has 1 aromatic carbocycles.